The number of carbonyl (C=O) groups excluding carboxylic acids is 2. The number of aromatic hydroxyl groups is 1. The maximum absolute atomic E-state index is 12.3. The lowest BCUT2D eigenvalue weighted by Crippen LogP contribution is -2.23. The van der Waals surface area contributed by atoms with Crippen LogP contribution >= 0.6 is 0 Å². The highest BCUT2D eigenvalue weighted by atomic mass is 16.5. The summed E-state index contributed by atoms with van der Waals surface area (Å²) >= 11 is 0. The lowest BCUT2D eigenvalue weighted by atomic mass is 10.1. The molecule has 0 spiro atoms. The largest absolute Gasteiger partial charge is 0.505 e. The van der Waals surface area contributed by atoms with E-state index in [1.165, 1.54) is 19.1 Å². The first kappa shape index (κ1) is 17.5. The Kier molecular flexibility index (Phi) is 4.93. The fourth-order valence-corrected chi connectivity index (χ4v) is 2.15. The molecule has 0 bridgehead atoms. The minimum atomic E-state index is -0.381. The van der Waals surface area contributed by atoms with Crippen molar-refractivity contribution < 1.29 is 19.4 Å². The molecule has 0 saturated carbocycles. The molecule has 126 valence electrons. The first-order valence-electron chi connectivity index (χ1n) is 7.61. The number of ketones is 1. The summed E-state index contributed by atoms with van der Waals surface area (Å²) in [5, 5.41) is 12.7. The Morgan fingerprint density at radius 2 is 1.67 bits per heavy atom. The molecule has 0 saturated heterocycles. The van der Waals surface area contributed by atoms with E-state index in [9.17, 15) is 14.7 Å². The van der Waals surface area contributed by atoms with Crippen LogP contribution in [0.3, 0.4) is 0 Å². The Morgan fingerprint density at radius 3 is 2.21 bits per heavy atom. The van der Waals surface area contributed by atoms with Crippen molar-refractivity contribution >= 4 is 17.4 Å². The lowest BCUT2D eigenvalue weighted by Gasteiger charge is -2.21. The number of benzene rings is 2. The van der Waals surface area contributed by atoms with E-state index in [0.29, 0.717) is 11.3 Å². The summed E-state index contributed by atoms with van der Waals surface area (Å²) < 4.78 is 5.71. The van der Waals surface area contributed by atoms with Crippen molar-refractivity contribution in [1.29, 1.82) is 0 Å². The summed E-state index contributed by atoms with van der Waals surface area (Å²) in [5.41, 5.74) is 0.469. The zero-order chi connectivity index (χ0) is 17.9. The molecule has 2 aromatic carbocycles. The van der Waals surface area contributed by atoms with Gasteiger partial charge in [-0.05, 0) is 64.1 Å². The van der Waals surface area contributed by atoms with Gasteiger partial charge in [-0.15, -0.1) is 0 Å². The monoisotopic (exact) mass is 327 g/mol. The Labute approximate surface area is 141 Å². The van der Waals surface area contributed by atoms with Crippen molar-refractivity contribution in [2.24, 2.45) is 0 Å². The molecule has 5 nitrogen and oxygen atoms in total. The van der Waals surface area contributed by atoms with E-state index in [2.05, 4.69) is 5.32 Å². The number of rotatable bonds is 4. The van der Waals surface area contributed by atoms with Gasteiger partial charge in [-0.3, -0.25) is 9.59 Å². The van der Waals surface area contributed by atoms with Gasteiger partial charge in [0.2, 0.25) is 0 Å². The Morgan fingerprint density at radius 1 is 1.04 bits per heavy atom. The maximum Gasteiger partial charge on any atom is 0.255 e. The molecule has 1 amide bonds. The van der Waals surface area contributed by atoms with Crippen LogP contribution in [0.4, 0.5) is 5.69 Å². The van der Waals surface area contributed by atoms with Crippen LogP contribution in [-0.4, -0.2) is 22.4 Å². The second kappa shape index (κ2) is 6.74. The molecule has 0 atom stereocenters. The molecule has 2 rings (SSSR count). The molecule has 2 aromatic rings. The van der Waals surface area contributed by atoms with Gasteiger partial charge < -0.3 is 15.2 Å². The molecule has 0 aromatic heterocycles. The molecule has 0 fully saturated rings. The molecular formula is C19H21NO4. The number of anilines is 1. The predicted molar refractivity (Wildman–Crippen MR) is 92.9 cm³/mol. The normalized spacial score (nSPS) is 11.0. The third-order valence-electron chi connectivity index (χ3n) is 3.20. The topological polar surface area (TPSA) is 75.6 Å². The summed E-state index contributed by atoms with van der Waals surface area (Å²) in [4.78, 5) is 23.7. The predicted octanol–water partition coefficient (Wildman–Crippen LogP) is 4.02. The zero-order valence-electron chi connectivity index (χ0n) is 14.2. The van der Waals surface area contributed by atoms with Crippen molar-refractivity contribution in [1.82, 2.24) is 0 Å². The van der Waals surface area contributed by atoms with Crippen LogP contribution in [-0.2, 0) is 0 Å². The lowest BCUT2D eigenvalue weighted by molar-refractivity contribution is 0.100. The van der Waals surface area contributed by atoms with Crippen molar-refractivity contribution in [2.75, 3.05) is 5.32 Å². The quantitative estimate of drug-likeness (QED) is 0.657. The highest BCUT2D eigenvalue weighted by Crippen LogP contribution is 2.28. The Balaban J connectivity index is 2.16. The third-order valence-corrected chi connectivity index (χ3v) is 3.20. The van der Waals surface area contributed by atoms with Gasteiger partial charge in [0.15, 0.2) is 5.78 Å². The summed E-state index contributed by atoms with van der Waals surface area (Å²) in [5.74, 6) is -0.216. The molecule has 0 aliphatic rings. The number of para-hydroxylation sites is 1. The van der Waals surface area contributed by atoms with Crippen LogP contribution in [0.15, 0.2) is 42.5 Å². The molecule has 0 unspecified atom stereocenters. The third kappa shape index (κ3) is 4.35. The Bertz CT molecular complexity index is 758. The van der Waals surface area contributed by atoms with Crippen LogP contribution in [0, 0.1) is 0 Å². The number of ether oxygens (including phenoxy) is 1. The van der Waals surface area contributed by atoms with E-state index < -0.39 is 0 Å². The van der Waals surface area contributed by atoms with Crippen LogP contribution in [0.25, 0.3) is 0 Å². The minimum absolute atomic E-state index is 0.168. The molecular weight excluding hydrogens is 306 g/mol. The molecule has 0 aliphatic carbocycles. The van der Waals surface area contributed by atoms with Gasteiger partial charge in [0, 0.05) is 5.56 Å². The highest BCUT2D eigenvalue weighted by Gasteiger charge is 2.15. The van der Waals surface area contributed by atoms with Gasteiger partial charge in [-0.1, -0.05) is 6.07 Å². The van der Waals surface area contributed by atoms with Gasteiger partial charge in [0.25, 0.3) is 5.91 Å². The average Bonchev–Trinajstić information content (AvgIpc) is 2.48. The number of amides is 1. The first-order chi connectivity index (χ1) is 11.2. The van der Waals surface area contributed by atoms with E-state index in [1.54, 1.807) is 30.3 Å². The van der Waals surface area contributed by atoms with E-state index in [4.69, 9.17) is 4.74 Å². The van der Waals surface area contributed by atoms with E-state index in [1.807, 2.05) is 20.8 Å². The zero-order valence-corrected chi connectivity index (χ0v) is 14.2. The van der Waals surface area contributed by atoms with E-state index in [-0.39, 0.29) is 34.3 Å². The number of nitrogens with one attached hydrogen (secondary N) is 1. The van der Waals surface area contributed by atoms with Crippen molar-refractivity contribution in [3.8, 4) is 11.5 Å². The average molecular weight is 327 g/mol. The second-order valence-corrected chi connectivity index (χ2v) is 6.45. The van der Waals surface area contributed by atoms with Crippen LogP contribution < -0.4 is 10.1 Å². The summed E-state index contributed by atoms with van der Waals surface area (Å²) in [6.45, 7) is 7.18. The molecule has 2 N–H and O–H groups in total. The molecule has 0 radical (unpaired) electrons. The summed E-state index contributed by atoms with van der Waals surface area (Å²) in [7, 11) is 0. The molecule has 24 heavy (non-hydrogen) atoms. The van der Waals surface area contributed by atoms with Crippen molar-refractivity contribution in [3.63, 3.8) is 0 Å². The van der Waals surface area contributed by atoms with Gasteiger partial charge in [-0.25, -0.2) is 0 Å². The van der Waals surface area contributed by atoms with Crippen molar-refractivity contribution in [3.05, 3.63) is 53.6 Å². The maximum atomic E-state index is 12.3. The van der Waals surface area contributed by atoms with Gasteiger partial charge in [0.1, 0.15) is 17.1 Å². The molecule has 0 heterocycles. The molecule has 5 heteroatoms. The SMILES string of the molecule is CC(=O)c1cccc(NC(=O)c2ccc(OC(C)(C)C)cc2)c1O. The first-order valence-corrected chi connectivity index (χ1v) is 7.61. The summed E-state index contributed by atoms with van der Waals surface area (Å²) in [6.07, 6.45) is 0. The second-order valence-electron chi connectivity index (χ2n) is 6.45. The van der Waals surface area contributed by atoms with E-state index in [0.717, 1.165) is 0 Å². The number of phenolic OH excluding ortho intramolecular Hbond substituents is 1. The fraction of sp³-hybridized carbons (Fsp3) is 0.263. The smallest absolute Gasteiger partial charge is 0.255 e. The minimum Gasteiger partial charge on any atom is -0.505 e. The van der Waals surface area contributed by atoms with Gasteiger partial charge in [0.05, 0.1) is 11.3 Å². The Hall–Kier alpha value is -2.82. The van der Waals surface area contributed by atoms with Crippen molar-refractivity contribution in [2.45, 2.75) is 33.3 Å². The van der Waals surface area contributed by atoms with E-state index >= 15 is 0 Å². The number of hydrogen-bond acceptors (Lipinski definition) is 4. The fourth-order valence-electron chi connectivity index (χ4n) is 2.15. The number of hydrogen-bond donors (Lipinski definition) is 2. The van der Waals surface area contributed by atoms with Gasteiger partial charge in [-0.2, -0.15) is 0 Å². The standard InChI is InChI=1S/C19H21NO4/c1-12(21)15-6-5-7-16(17(15)22)20-18(23)13-8-10-14(11-9-13)24-19(2,3)4/h5-11,22H,1-4H3,(H,20,23). The van der Waals surface area contributed by atoms with Crippen LogP contribution in [0.1, 0.15) is 48.4 Å². The van der Waals surface area contributed by atoms with Crippen LogP contribution in [0.5, 0.6) is 11.5 Å². The highest BCUT2D eigenvalue weighted by molar-refractivity contribution is 6.07. The number of phenols is 1. The summed E-state index contributed by atoms with van der Waals surface area (Å²) in [6, 6.07) is 11.4. The number of carbonyl (C=O) groups is 2. The number of Topliss-reactive ketones (excluding diaryl/α,β-unsaturated/α-hetero) is 1. The molecule has 0 aliphatic heterocycles. The van der Waals surface area contributed by atoms with Crippen LogP contribution in [0.2, 0.25) is 0 Å². The van der Waals surface area contributed by atoms with Gasteiger partial charge >= 0.3 is 0 Å².